The van der Waals surface area contributed by atoms with E-state index in [0.29, 0.717) is 5.92 Å². The quantitative estimate of drug-likeness (QED) is 0.683. The summed E-state index contributed by atoms with van der Waals surface area (Å²) in [5.74, 6) is -0.138. The Morgan fingerprint density at radius 1 is 1.45 bits per heavy atom. The first-order valence-corrected chi connectivity index (χ1v) is 9.06. The summed E-state index contributed by atoms with van der Waals surface area (Å²) in [6, 6.07) is 1.20. The maximum absolute atomic E-state index is 12.0. The molecule has 1 N–H and O–H groups in total. The van der Waals surface area contributed by atoms with Gasteiger partial charge in [-0.05, 0) is 37.7 Å². The number of ether oxygens (including phenoxy) is 1. The molecule has 20 heavy (non-hydrogen) atoms. The zero-order valence-electron chi connectivity index (χ0n) is 11.3. The van der Waals surface area contributed by atoms with Crippen molar-refractivity contribution < 1.29 is 17.9 Å². The van der Waals surface area contributed by atoms with Crippen molar-refractivity contribution in [1.29, 1.82) is 0 Å². The van der Waals surface area contributed by atoms with Gasteiger partial charge in [-0.2, -0.15) is 0 Å². The lowest BCUT2D eigenvalue weighted by Crippen LogP contribution is -2.29. The molecule has 2 atom stereocenters. The number of carbonyl (C=O) groups is 1. The highest BCUT2D eigenvalue weighted by atomic mass is 35.7. The molecule has 0 aromatic carbocycles. The van der Waals surface area contributed by atoms with Gasteiger partial charge in [0.25, 0.3) is 9.05 Å². The molecule has 0 saturated heterocycles. The van der Waals surface area contributed by atoms with Crippen molar-refractivity contribution in [3.05, 3.63) is 18.0 Å². The predicted octanol–water partition coefficient (Wildman–Crippen LogP) is 3.07. The van der Waals surface area contributed by atoms with E-state index in [1.165, 1.54) is 18.7 Å². The van der Waals surface area contributed by atoms with E-state index < -0.39 is 15.0 Å². The third-order valence-corrected chi connectivity index (χ3v) is 5.11. The highest BCUT2D eigenvalue weighted by molar-refractivity contribution is 8.13. The first-order chi connectivity index (χ1) is 9.41. The molecule has 1 aromatic rings. The second-order valence-electron chi connectivity index (χ2n) is 5.08. The van der Waals surface area contributed by atoms with Crippen LogP contribution in [0.15, 0.2) is 17.2 Å². The minimum atomic E-state index is -3.83. The second-order valence-corrected chi connectivity index (χ2v) is 7.65. The lowest BCUT2D eigenvalue weighted by atomic mass is 9.85. The van der Waals surface area contributed by atoms with Crippen LogP contribution in [-0.4, -0.2) is 25.5 Å². The van der Waals surface area contributed by atoms with Crippen LogP contribution in [0.3, 0.4) is 0 Å². The molecule has 1 saturated carbocycles. The maximum Gasteiger partial charge on any atom is 0.355 e. The van der Waals surface area contributed by atoms with E-state index in [2.05, 4.69) is 11.9 Å². The number of carbonyl (C=O) groups excluding carboxylic acids is 1. The minimum absolute atomic E-state index is 0.0828. The van der Waals surface area contributed by atoms with Gasteiger partial charge in [-0.15, -0.1) is 0 Å². The van der Waals surface area contributed by atoms with Crippen LogP contribution in [0.1, 0.15) is 49.5 Å². The Hall–Kier alpha value is -1.01. The molecule has 1 fully saturated rings. The van der Waals surface area contributed by atoms with E-state index in [-0.39, 0.29) is 16.7 Å². The zero-order chi connectivity index (χ0) is 14.8. The molecule has 1 heterocycles. The highest BCUT2D eigenvalue weighted by Gasteiger charge is 2.28. The summed E-state index contributed by atoms with van der Waals surface area (Å²) >= 11 is 0. The third kappa shape index (κ3) is 3.55. The Morgan fingerprint density at radius 2 is 2.15 bits per heavy atom. The number of aromatic amines is 1. The number of nitrogens with one attached hydrogen (secondary N) is 1. The molecular weight excluding hydrogens is 302 g/mol. The molecule has 7 heteroatoms. The van der Waals surface area contributed by atoms with Gasteiger partial charge in [0.15, 0.2) is 0 Å². The van der Waals surface area contributed by atoms with Gasteiger partial charge >= 0.3 is 5.97 Å². The number of hydrogen-bond donors (Lipinski definition) is 1. The first kappa shape index (κ1) is 15.4. The Labute approximate surface area is 123 Å². The van der Waals surface area contributed by atoms with E-state index in [4.69, 9.17) is 15.4 Å². The van der Waals surface area contributed by atoms with Crippen LogP contribution in [0.5, 0.6) is 0 Å². The van der Waals surface area contributed by atoms with Gasteiger partial charge in [0, 0.05) is 16.9 Å². The lowest BCUT2D eigenvalue weighted by Gasteiger charge is -2.30. The number of halogens is 1. The Morgan fingerprint density at radius 3 is 2.75 bits per heavy atom. The summed E-state index contributed by atoms with van der Waals surface area (Å²) in [7, 11) is 1.38. The van der Waals surface area contributed by atoms with Crippen LogP contribution >= 0.6 is 10.7 Å². The van der Waals surface area contributed by atoms with Crippen molar-refractivity contribution in [3.63, 3.8) is 0 Å². The smallest absolute Gasteiger partial charge is 0.355 e. The highest BCUT2D eigenvalue weighted by Crippen LogP contribution is 2.29. The second kappa shape index (κ2) is 6.18. The first-order valence-electron chi connectivity index (χ1n) is 6.76. The molecule has 5 nitrogen and oxygen atoms in total. The van der Waals surface area contributed by atoms with Crippen LogP contribution in [0, 0.1) is 5.92 Å². The number of esters is 1. The van der Waals surface area contributed by atoms with E-state index in [1.807, 2.05) is 0 Å². The maximum atomic E-state index is 12.0. The molecule has 0 spiro atoms. The van der Waals surface area contributed by atoms with Gasteiger partial charge in [0.05, 0.1) is 0 Å². The molecule has 0 bridgehead atoms. The molecule has 1 aliphatic carbocycles. The van der Waals surface area contributed by atoms with Gasteiger partial charge in [-0.25, -0.2) is 13.2 Å². The summed E-state index contributed by atoms with van der Waals surface area (Å²) in [4.78, 5) is 14.5. The van der Waals surface area contributed by atoms with Gasteiger partial charge in [-0.3, -0.25) is 0 Å². The number of hydrogen-bond acceptors (Lipinski definition) is 4. The van der Waals surface area contributed by atoms with Crippen molar-refractivity contribution in [1.82, 2.24) is 4.98 Å². The molecule has 0 aliphatic heterocycles. The number of aromatic nitrogens is 1. The fourth-order valence-electron chi connectivity index (χ4n) is 2.63. The SMILES string of the molecule is CCC1CCCCC1OC(=O)c1cc(S(=O)(=O)Cl)c[nH]1. The third-order valence-electron chi connectivity index (χ3n) is 3.78. The van der Waals surface area contributed by atoms with E-state index >= 15 is 0 Å². The number of H-pyrrole nitrogens is 1. The van der Waals surface area contributed by atoms with Crippen molar-refractivity contribution in [2.45, 2.75) is 50.0 Å². The Bertz CT molecular complexity index is 581. The van der Waals surface area contributed by atoms with Crippen LogP contribution in [-0.2, 0) is 13.8 Å². The Balaban J connectivity index is 2.06. The summed E-state index contributed by atoms with van der Waals surface area (Å²) < 4.78 is 27.8. The molecule has 2 unspecified atom stereocenters. The van der Waals surface area contributed by atoms with Gasteiger partial charge in [0.1, 0.15) is 16.7 Å². The molecule has 1 aromatic heterocycles. The summed E-state index contributed by atoms with van der Waals surface area (Å²) in [6.45, 7) is 2.09. The summed E-state index contributed by atoms with van der Waals surface area (Å²) in [6.07, 6.45) is 6.25. The monoisotopic (exact) mass is 319 g/mol. The van der Waals surface area contributed by atoms with Crippen LogP contribution < -0.4 is 0 Å². The van der Waals surface area contributed by atoms with E-state index in [0.717, 1.165) is 25.7 Å². The lowest BCUT2D eigenvalue weighted by molar-refractivity contribution is 0.000177. The van der Waals surface area contributed by atoms with Crippen molar-refractivity contribution in [3.8, 4) is 0 Å². The standard InChI is InChI=1S/C13H18ClNO4S/c1-2-9-5-3-4-6-12(9)19-13(16)11-7-10(8-15-11)20(14,17)18/h7-9,12,15H,2-6H2,1H3. The topological polar surface area (TPSA) is 76.2 Å². The number of rotatable bonds is 4. The molecule has 2 rings (SSSR count). The fourth-order valence-corrected chi connectivity index (χ4v) is 3.36. The molecule has 0 amide bonds. The van der Waals surface area contributed by atoms with Crippen molar-refractivity contribution in [2.24, 2.45) is 5.92 Å². The average molecular weight is 320 g/mol. The molecular formula is C13H18ClNO4S. The zero-order valence-corrected chi connectivity index (χ0v) is 12.8. The van der Waals surface area contributed by atoms with Gasteiger partial charge in [0.2, 0.25) is 0 Å². The van der Waals surface area contributed by atoms with Gasteiger partial charge < -0.3 is 9.72 Å². The van der Waals surface area contributed by atoms with Crippen LogP contribution in [0.2, 0.25) is 0 Å². The van der Waals surface area contributed by atoms with Gasteiger partial charge in [-0.1, -0.05) is 13.3 Å². The van der Waals surface area contributed by atoms with E-state index in [9.17, 15) is 13.2 Å². The summed E-state index contributed by atoms with van der Waals surface area (Å²) in [5.41, 5.74) is 0.115. The van der Waals surface area contributed by atoms with Crippen LogP contribution in [0.25, 0.3) is 0 Å². The predicted molar refractivity (Wildman–Crippen MR) is 75.3 cm³/mol. The van der Waals surface area contributed by atoms with Crippen molar-refractivity contribution in [2.75, 3.05) is 0 Å². The van der Waals surface area contributed by atoms with Crippen LogP contribution in [0.4, 0.5) is 0 Å². The Kier molecular flexibility index (Phi) is 4.75. The van der Waals surface area contributed by atoms with Crippen molar-refractivity contribution >= 4 is 25.7 Å². The molecule has 0 radical (unpaired) electrons. The molecule has 1 aliphatic rings. The fraction of sp³-hybridized carbons (Fsp3) is 0.615. The minimum Gasteiger partial charge on any atom is -0.457 e. The summed E-state index contributed by atoms with van der Waals surface area (Å²) in [5, 5.41) is 0. The average Bonchev–Trinajstić information content (AvgIpc) is 2.89. The molecule has 112 valence electrons. The van der Waals surface area contributed by atoms with E-state index in [1.54, 1.807) is 0 Å². The normalized spacial score (nSPS) is 23.5. The largest absolute Gasteiger partial charge is 0.457 e.